The number of carbonyl (C=O) groups excluding carboxylic acids is 1. The molecule has 1 heterocycles. The molecule has 1 aliphatic rings. The minimum atomic E-state index is -3.12. The minimum Gasteiger partial charge on any atom is -0.484 e. The Hall–Kier alpha value is -2.05. The molecule has 0 aromatic heterocycles. The molecule has 1 atom stereocenters. The van der Waals surface area contributed by atoms with Gasteiger partial charge in [0.1, 0.15) is 5.75 Å². The third kappa shape index (κ3) is 5.06. The maximum absolute atomic E-state index is 12.9. The molecule has 0 N–H and O–H groups in total. The van der Waals surface area contributed by atoms with Gasteiger partial charge in [-0.2, -0.15) is 0 Å². The molecule has 28 heavy (non-hydrogen) atoms. The van der Waals surface area contributed by atoms with E-state index in [9.17, 15) is 13.2 Å². The van der Waals surface area contributed by atoms with Crippen LogP contribution in [0.15, 0.2) is 42.5 Å². The molecular weight excluding hydrogens is 398 g/mol. The van der Waals surface area contributed by atoms with Crippen molar-refractivity contribution in [3.63, 3.8) is 0 Å². The van der Waals surface area contributed by atoms with Gasteiger partial charge in [-0.05, 0) is 55.2 Å². The van der Waals surface area contributed by atoms with Gasteiger partial charge in [-0.3, -0.25) is 4.79 Å². The van der Waals surface area contributed by atoms with Gasteiger partial charge >= 0.3 is 0 Å². The van der Waals surface area contributed by atoms with Crippen molar-refractivity contribution >= 4 is 27.3 Å². The second kappa shape index (κ2) is 8.53. The van der Waals surface area contributed by atoms with E-state index in [0.29, 0.717) is 17.2 Å². The number of nitrogens with zero attached hydrogens (tertiary/aromatic N) is 1. The van der Waals surface area contributed by atoms with E-state index in [4.69, 9.17) is 16.3 Å². The van der Waals surface area contributed by atoms with Crippen LogP contribution in [0.2, 0.25) is 5.02 Å². The standard InChI is InChI=1S/C21H24ClNO4S/c1-15-7-8-19(11-16(15)2)27-13-21(24)23(18-9-10-28(25,26)14-18)12-17-5-3-4-6-20(17)22/h3-8,11,18H,9-10,12-14H2,1-2H3/t18-/m1/s1. The van der Waals surface area contributed by atoms with Crippen LogP contribution in [0.1, 0.15) is 23.1 Å². The van der Waals surface area contributed by atoms with Crippen molar-refractivity contribution in [2.75, 3.05) is 18.1 Å². The van der Waals surface area contributed by atoms with Crippen LogP contribution in [0.5, 0.6) is 5.75 Å². The lowest BCUT2D eigenvalue weighted by Crippen LogP contribution is -2.43. The molecule has 0 bridgehead atoms. The SMILES string of the molecule is Cc1ccc(OCC(=O)N(Cc2ccccc2Cl)[C@@H]2CCS(=O)(=O)C2)cc1C. The summed E-state index contributed by atoms with van der Waals surface area (Å²) in [5.41, 5.74) is 3.02. The van der Waals surface area contributed by atoms with E-state index >= 15 is 0 Å². The van der Waals surface area contributed by atoms with E-state index in [1.54, 1.807) is 11.0 Å². The summed E-state index contributed by atoms with van der Waals surface area (Å²) in [6.07, 6.45) is 0.433. The summed E-state index contributed by atoms with van der Waals surface area (Å²) in [5, 5.41) is 0.552. The monoisotopic (exact) mass is 421 g/mol. The summed E-state index contributed by atoms with van der Waals surface area (Å²) in [6.45, 7) is 4.10. The highest BCUT2D eigenvalue weighted by Crippen LogP contribution is 2.24. The first-order chi connectivity index (χ1) is 13.2. The van der Waals surface area contributed by atoms with Gasteiger partial charge in [-0.25, -0.2) is 8.42 Å². The number of aryl methyl sites for hydroxylation is 2. The fourth-order valence-electron chi connectivity index (χ4n) is 3.28. The Kier molecular flexibility index (Phi) is 6.30. The van der Waals surface area contributed by atoms with Crippen molar-refractivity contribution in [3.05, 3.63) is 64.2 Å². The van der Waals surface area contributed by atoms with Gasteiger partial charge in [-0.15, -0.1) is 0 Å². The molecule has 1 aliphatic heterocycles. The van der Waals surface area contributed by atoms with Gasteiger partial charge in [0.25, 0.3) is 5.91 Å². The number of halogens is 1. The van der Waals surface area contributed by atoms with E-state index < -0.39 is 9.84 Å². The Morgan fingerprint density at radius 3 is 2.57 bits per heavy atom. The Morgan fingerprint density at radius 2 is 1.93 bits per heavy atom. The van der Waals surface area contributed by atoms with Crippen molar-refractivity contribution in [1.29, 1.82) is 0 Å². The van der Waals surface area contributed by atoms with Gasteiger partial charge in [0.05, 0.1) is 11.5 Å². The fraction of sp³-hybridized carbons (Fsp3) is 0.381. The maximum atomic E-state index is 12.9. The molecule has 5 nitrogen and oxygen atoms in total. The Morgan fingerprint density at radius 1 is 1.18 bits per heavy atom. The molecule has 0 radical (unpaired) electrons. The first kappa shape index (κ1) is 20.7. The third-order valence-corrected chi connectivity index (χ3v) is 7.23. The van der Waals surface area contributed by atoms with E-state index in [0.717, 1.165) is 16.7 Å². The van der Waals surface area contributed by atoms with E-state index in [2.05, 4.69) is 0 Å². The van der Waals surface area contributed by atoms with Gasteiger partial charge in [0.2, 0.25) is 0 Å². The number of ether oxygens (including phenoxy) is 1. The highest BCUT2D eigenvalue weighted by atomic mass is 35.5. The zero-order valence-electron chi connectivity index (χ0n) is 16.0. The lowest BCUT2D eigenvalue weighted by atomic mass is 10.1. The lowest BCUT2D eigenvalue weighted by Gasteiger charge is -2.28. The molecule has 2 aromatic rings. The van der Waals surface area contributed by atoms with Crippen LogP contribution >= 0.6 is 11.6 Å². The van der Waals surface area contributed by atoms with Crippen LogP contribution in [-0.2, 0) is 21.2 Å². The topological polar surface area (TPSA) is 63.7 Å². The van der Waals surface area contributed by atoms with Crippen molar-refractivity contribution < 1.29 is 17.9 Å². The summed E-state index contributed by atoms with van der Waals surface area (Å²) in [6, 6.07) is 12.6. The molecule has 150 valence electrons. The number of hydrogen-bond donors (Lipinski definition) is 0. The highest BCUT2D eigenvalue weighted by molar-refractivity contribution is 7.91. The Balaban J connectivity index is 1.76. The maximum Gasteiger partial charge on any atom is 0.261 e. The number of benzene rings is 2. The fourth-order valence-corrected chi connectivity index (χ4v) is 5.21. The molecular formula is C21H24ClNO4S. The number of amides is 1. The predicted octanol–water partition coefficient (Wildman–Crippen LogP) is 3.55. The molecule has 3 rings (SSSR count). The second-order valence-electron chi connectivity index (χ2n) is 7.20. The van der Waals surface area contributed by atoms with Crippen molar-refractivity contribution in [3.8, 4) is 5.75 Å². The molecule has 2 aromatic carbocycles. The molecule has 0 spiro atoms. The third-order valence-electron chi connectivity index (χ3n) is 5.11. The van der Waals surface area contributed by atoms with Crippen LogP contribution < -0.4 is 4.74 Å². The molecule has 7 heteroatoms. The predicted molar refractivity (Wildman–Crippen MR) is 110 cm³/mol. The van der Waals surface area contributed by atoms with Crippen molar-refractivity contribution in [2.45, 2.75) is 32.9 Å². The van der Waals surface area contributed by atoms with Crippen LogP contribution in [0.3, 0.4) is 0 Å². The first-order valence-corrected chi connectivity index (χ1v) is 11.4. The Bertz CT molecular complexity index is 974. The zero-order valence-corrected chi connectivity index (χ0v) is 17.6. The molecule has 0 aliphatic carbocycles. The molecule has 1 amide bonds. The molecule has 1 saturated heterocycles. The summed E-state index contributed by atoms with van der Waals surface area (Å²) >= 11 is 6.25. The first-order valence-electron chi connectivity index (χ1n) is 9.18. The van der Waals surface area contributed by atoms with Gasteiger partial charge in [0.15, 0.2) is 16.4 Å². The average molecular weight is 422 g/mol. The number of sulfone groups is 1. The smallest absolute Gasteiger partial charge is 0.261 e. The van der Waals surface area contributed by atoms with Crippen molar-refractivity contribution in [2.24, 2.45) is 0 Å². The molecule has 0 unspecified atom stereocenters. The quantitative estimate of drug-likeness (QED) is 0.715. The van der Waals surface area contributed by atoms with Gasteiger partial charge in [-0.1, -0.05) is 35.9 Å². The van der Waals surface area contributed by atoms with Crippen molar-refractivity contribution in [1.82, 2.24) is 4.90 Å². The number of carbonyl (C=O) groups is 1. The summed E-state index contributed by atoms with van der Waals surface area (Å²) in [5.74, 6) is 0.447. The Labute approximate surface area is 171 Å². The van der Waals surface area contributed by atoms with E-state index in [-0.39, 0.29) is 36.6 Å². The zero-order chi connectivity index (χ0) is 20.3. The normalized spacial score (nSPS) is 18.0. The van der Waals surface area contributed by atoms with Crippen LogP contribution in [0, 0.1) is 13.8 Å². The van der Waals surface area contributed by atoms with Crippen LogP contribution in [-0.4, -0.2) is 43.4 Å². The van der Waals surface area contributed by atoms with Gasteiger partial charge < -0.3 is 9.64 Å². The van der Waals surface area contributed by atoms with Crippen LogP contribution in [0.25, 0.3) is 0 Å². The van der Waals surface area contributed by atoms with Crippen LogP contribution in [0.4, 0.5) is 0 Å². The minimum absolute atomic E-state index is 0.0210. The summed E-state index contributed by atoms with van der Waals surface area (Å²) in [4.78, 5) is 14.5. The van der Waals surface area contributed by atoms with Gasteiger partial charge in [0, 0.05) is 17.6 Å². The second-order valence-corrected chi connectivity index (χ2v) is 9.84. The summed E-state index contributed by atoms with van der Waals surface area (Å²) in [7, 11) is -3.12. The number of hydrogen-bond acceptors (Lipinski definition) is 4. The number of rotatable bonds is 6. The van der Waals surface area contributed by atoms with E-state index in [1.807, 2.05) is 50.2 Å². The molecule has 1 fully saturated rings. The molecule has 0 saturated carbocycles. The lowest BCUT2D eigenvalue weighted by molar-refractivity contribution is -0.136. The highest BCUT2D eigenvalue weighted by Gasteiger charge is 2.35. The summed E-state index contributed by atoms with van der Waals surface area (Å²) < 4.78 is 29.6. The van der Waals surface area contributed by atoms with E-state index in [1.165, 1.54) is 0 Å². The largest absolute Gasteiger partial charge is 0.484 e. The average Bonchev–Trinajstić information content (AvgIpc) is 3.01.